The molecule has 9 aliphatic rings. The number of piperazine rings is 1. The Morgan fingerprint density at radius 3 is 2.36 bits per heavy atom. The highest BCUT2D eigenvalue weighted by molar-refractivity contribution is 7.99. The Hall–Kier alpha value is -9.73. The number of ether oxygens (including phenoxy) is 7. The molecule has 5 aromatic rings. The normalized spacial score (nSPS) is 23.8. The van der Waals surface area contributed by atoms with E-state index in [0.29, 0.717) is 68.4 Å². The Morgan fingerprint density at radius 1 is 0.889 bits per heavy atom. The highest BCUT2D eigenvalue weighted by Gasteiger charge is 2.65. The number of rotatable bonds is 21. The van der Waals surface area contributed by atoms with Gasteiger partial charge in [-0.15, -0.1) is 11.8 Å². The largest absolute Gasteiger partial charge is 0.504 e. The van der Waals surface area contributed by atoms with E-state index in [2.05, 4.69) is 52.8 Å². The number of phenols is 1. The summed E-state index contributed by atoms with van der Waals surface area (Å²) >= 11 is 1.42. The molecule has 1 aromatic heterocycles. The van der Waals surface area contributed by atoms with Crippen LogP contribution in [0, 0.1) is 31.1 Å². The minimum atomic E-state index is -1.62. The van der Waals surface area contributed by atoms with Gasteiger partial charge < -0.3 is 69.8 Å². The number of hydrogen-bond donors (Lipinski definition) is 8. The lowest BCUT2D eigenvalue weighted by Crippen LogP contribution is -2.70. The number of H-pyrrole nitrogens is 1. The first kappa shape index (κ1) is 69.2. The number of methoxy groups -OCH3 is 1. The number of nitriles is 1. The van der Waals surface area contributed by atoms with Crippen LogP contribution in [0.25, 0.3) is 10.9 Å². The molecule has 8 N–H and O–H groups in total. The number of phenolic OH excluding ortho intramolecular Hbond substituents is 1. The molecule has 3 unspecified atom stereocenters. The van der Waals surface area contributed by atoms with Crippen molar-refractivity contribution in [3.05, 3.63) is 117 Å². The second kappa shape index (κ2) is 28.2. The quantitative estimate of drug-likeness (QED) is 0.0217. The predicted octanol–water partition coefficient (Wildman–Crippen LogP) is 4.47. The van der Waals surface area contributed by atoms with E-state index in [0.717, 1.165) is 39.1 Å². The van der Waals surface area contributed by atoms with E-state index < -0.39 is 100 Å². The van der Waals surface area contributed by atoms with E-state index in [1.807, 2.05) is 44.3 Å². The topological polar surface area (TPSA) is 360 Å². The van der Waals surface area contributed by atoms with Crippen LogP contribution < -0.4 is 50.8 Å². The SMILES string of the molecule is COc1c(C)cc2c(c1O)[C@H]1[C@@H]3[C@@H]4SC[C@]5(N[C@@H](CNC(=O)OCc6ccc(NC(=O)[C@H](C)NC(=O)[C@@H](NC(=O)CCOCCNC(=O)CCN7C(=O)C=CC7=O)C(C)C)cc6)Cc6c5[nH]c5ccccc65)C(=O)OCC(c5c6c(c(C)c(OC(C)=O)c54)OCO6)N3C(C#N)(C2)CN1C. The van der Waals surface area contributed by atoms with Gasteiger partial charge in [0.1, 0.15) is 36.6 Å². The van der Waals surface area contributed by atoms with E-state index in [-0.39, 0.29) is 108 Å². The molecule has 7 amide bonds. The van der Waals surface area contributed by atoms with Crippen molar-refractivity contribution in [2.45, 2.75) is 126 Å². The van der Waals surface area contributed by atoms with Crippen LogP contribution in [0.5, 0.6) is 28.7 Å². The number of carbonyl (C=O) groups excluding carboxylic acids is 9. The van der Waals surface area contributed by atoms with Gasteiger partial charge in [0.2, 0.25) is 30.4 Å². The van der Waals surface area contributed by atoms with E-state index in [9.17, 15) is 48.7 Å². The Bertz CT molecular complexity index is 4170. The average molecular weight is 1380 g/mol. The summed E-state index contributed by atoms with van der Waals surface area (Å²) in [7, 11) is 3.44. The summed E-state index contributed by atoms with van der Waals surface area (Å²) in [6, 6.07) is 14.3. The molecule has 28 nitrogen and oxygen atoms in total. The molecule has 10 atom stereocenters. The first-order chi connectivity index (χ1) is 47.5. The molecular weight excluding hydrogens is 1300 g/mol. The summed E-state index contributed by atoms with van der Waals surface area (Å²) in [6.45, 7) is 9.81. The lowest BCUT2D eigenvalue weighted by Gasteiger charge is -2.60. The molecule has 29 heteroatoms. The minimum Gasteiger partial charge on any atom is -0.504 e. The Kier molecular flexibility index (Phi) is 19.7. The van der Waals surface area contributed by atoms with Crippen LogP contribution in [0.3, 0.4) is 0 Å². The first-order valence-corrected chi connectivity index (χ1v) is 33.9. The van der Waals surface area contributed by atoms with Crippen LogP contribution in [0.2, 0.25) is 0 Å². The summed E-state index contributed by atoms with van der Waals surface area (Å²) in [5, 5.41) is 41.7. The predicted molar refractivity (Wildman–Crippen MR) is 357 cm³/mol. The van der Waals surface area contributed by atoms with Crippen molar-refractivity contribution < 1.29 is 81.4 Å². The summed E-state index contributed by atoms with van der Waals surface area (Å²) in [5.41, 5.74) is 4.05. The molecule has 4 bridgehead atoms. The van der Waals surface area contributed by atoms with Gasteiger partial charge in [-0.1, -0.05) is 50.2 Å². The molecule has 14 rings (SSSR count). The number of imide groups is 1. The number of thioether (sulfide) groups is 1. The van der Waals surface area contributed by atoms with Crippen LogP contribution in [-0.4, -0.2) is 181 Å². The zero-order valence-corrected chi connectivity index (χ0v) is 56.9. The number of benzene rings is 4. The maximum atomic E-state index is 15.8. The van der Waals surface area contributed by atoms with Crippen molar-refractivity contribution in [3.8, 4) is 34.8 Å². The van der Waals surface area contributed by atoms with Gasteiger partial charge in [-0.3, -0.25) is 53.6 Å². The number of carbonyl (C=O) groups is 9. The van der Waals surface area contributed by atoms with Gasteiger partial charge in [-0.05, 0) is 80.6 Å². The number of para-hydroxylation sites is 1. The third kappa shape index (κ3) is 13.2. The van der Waals surface area contributed by atoms with Gasteiger partial charge in [0.15, 0.2) is 28.5 Å². The minimum absolute atomic E-state index is 0.00262. The van der Waals surface area contributed by atoms with Gasteiger partial charge >= 0.3 is 18.0 Å². The van der Waals surface area contributed by atoms with Crippen molar-refractivity contribution >= 4 is 81.8 Å². The summed E-state index contributed by atoms with van der Waals surface area (Å²) in [4.78, 5) is 127. The maximum Gasteiger partial charge on any atom is 0.407 e. The molecule has 0 aliphatic carbocycles. The molecule has 1 spiro atoms. The molecule has 2 fully saturated rings. The van der Waals surface area contributed by atoms with Crippen molar-refractivity contribution in [1.29, 1.82) is 5.26 Å². The lowest BCUT2D eigenvalue weighted by atomic mass is 9.76. The number of aryl methyl sites for hydroxylation is 1. The number of amides is 7. The summed E-state index contributed by atoms with van der Waals surface area (Å²) in [5.74, 6) is -3.15. The molecule has 522 valence electrons. The smallest absolute Gasteiger partial charge is 0.407 e. The van der Waals surface area contributed by atoms with Crippen molar-refractivity contribution in [3.63, 3.8) is 0 Å². The number of alkyl carbamates (subject to hydrolysis) is 1. The van der Waals surface area contributed by atoms with E-state index in [1.165, 1.54) is 32.7 Å². The molecule has 0 saturated carbocycles. The van der Waals surface area contributed by atoms with Crippen LogP contribution >= 0.6 is 11.8 Å². The summed E-state index contributed by atoms with van der Waals surface area (Å²) in [6.07, 6.45) is 1.95. The third-order valence-electron chi connectivity index (χ3n) is 19.4. The highest BCUT2D eigenvalue weighted by atomic mass is 32.2. The fourth-order valence-corrected chi connectivity index (χ4v) is 16.6. The highest BCUT2D eigenvalue weighted by Crippen LogP contribution is 2.66. The molecule has 10 heterocycles. The number of nitrogens with one attached hydrogen (secondary N) is 7. The van der Waals surface area contributed by atoms with Crippen LogP contribution in [0.4, 0.5) is 10.5 Å². The van der Waals surface area contributed by atoms with E-state index in [4.69, 9.17) is 33.2 Å². The maximum absolute atomic E-state index is 15.8. The number of aromatic hydroxyl groups is 1. The zero-order chi connectivity index (χ0) is 70.4. The number of likely N-dealkylation sites (N-methyl/N-ethyl adjacent to an activating group) is 1. The zero-order valence-electron chi connectivity index (χ0n) is 56.0. The van der Waals surface area contributed by atoms with Crippen LogP contribution in [0.15, 0.2) is 66.7 Å². The Morgan fingerprint density at radius 2 is 1.64 bits per heavy atom. The third-order valence-corrected chi connectivity index (χ3v) is 20.9. The molecule has 0 radical (unpaired) electrons. The van der Waals surface area contributed by atoms with Gasteiger partial charge in [-0.25, -0.2) is 9.59 Å². The monoisotopic (exact) mass is 1380 g/mol. The lowest BCUT2D eigenvalue weighted by molar-refractivity contribution is -0.158. The Labute approximate surface area is 574 Å². The standard InChI is InChI=1S/C70H79N11O17S/c1-35(2)55(77-49(84)20-23-93-24-21-72-48(83)19-22-80-50(85)17-18-51(80)86)66(89)74-38(5)65(88)75-42-15-13-40(14-16-42)29-95-68(91)73-28-43-26-45-44-11-9-10-12-46(44)76-64(45)70(78-43)33-99-63-54-53(62-61(96-34-97-62)37(4)60(54)98-39(6)82)47(30-94-67(70)90)81-57(63)56-52-41(25-36(3)59(92-8)58(52)87)27-69(81,31-71)32-79(56)7/h9-18,25,35,38,43,47,55-57,63,76,78,87H,19-24,26-30,32-34H2,1-8H3,(H,72,83)(H,73,91)(H,74,89)(H,75,88)(H,77,84)/t38-,43+,47?,55-,56-,57+,63+,69?,70+/m0/s1. The summed E-state index contributed by atoms with van der Waals surface area (Å²) < 4.78 is 42.6. The number of aromatic nitrogens is 1. The van der Waals surface area contributed by atoms with Crippen molar-refractivity contribution in [1.82, 2.24) is 46.3 Å². The molecule has 2 saturated heterocycles. The van der Waals surface area contributed by atoms with Crippen LogP contribution in [-0.2, 0) is 77.6 Å². The molecule has 4 aromatic carbocycles. The van der Waals surface area contributed by atoms with Gasteiger partial charge in [0, 0.05) is 121 Å². The second-order valence-electron chi connectivity index (χ2n) is 26.3. The number of anilines is 1. The van der Waals surface area contributed by atoms with Gasteiger partial charge in [0.05, 0.1) is 49.4 Å². The molecule has 9 aliphatic heterocycles. The number of nitrogens with zero attached hydrogens (tertiary/aromatic N) is 4. The molecular formula is C70H79N11O17S. The number of hydrogen-bond acceptors (Lipinski definition) is 22. The second-order valence-corrected chi connectivity index (χ2v) is 27.4. The Balaban J connectivity index is 0.705. The van der Waals surface area contributed by atoms with Gasteiger partial charge in [-0.2, -0.15) is 5.26 Å². The number of esters is 2. The van der Waals surface area contributed by atoms with E-state index in [1.54, 1.807) is 45.0 Å². The first-order valence-electron chi connectivity index (χ1n) is 32.8. The van der Waals surface area contributed by atoms with Crippen molar-refractivity contribution in [2.75, 3.05) is 78.0 Å². The fraction of sp³-hybridized carbons (Fsp3) is 0.457. The van der Waals surface area contributed by atoms with E-state index >= 15 is 4.79 Å². The number of aromatic amines is 1. The van der Waals surface area contributed by atoms with Crippen molar-refractivity contribution in [2.24, 2.45) is 5.92 Å². The fourth-order valence-electron chi connectivity index (χ4n) is 15.0. The average Bonchev–Trinajstić information content (AvgIpc) is 1.65. The van der Waals surface area contributed by atoms with Gasteiger partial charge in [0.25, 0.3) is 11.8 Å². The molecule has 99 heavy (non-hydrogen) atoms. The van der Waals surface area contributed by atoms with Crippen LogP contribution in [0.1, 0.15) is 108 Å². The number of fused-ring (bicyclic) bond motifs is 8.